The average Bonchev–Trinajstić information content (AvgIpc) is 2.96. The number of carbonyl (C=O) groups excluding carboxylic acids is 2. The van der Waals surface area contributed by atoms with E-state index in [1.165, 1.54) is 0 Å². The fourth-order valence-electron chi connectivity index (χ4n) is 2.76. The van der Waals surface area contributed by atoms with Crippen molar-refractivity contribution in [1.82, 2.24) is 10.2 Å². The number of para-hydroxylation sites is 1. The molecule has 6 nitrogen and oxygen atoms in total. The molecule has 1 heterocycles. The molecule has 0 unspecified atom stereocenters. The minimum atomic E-state index is -2.58. The molecule has 1 aromatic rings. The maximum absolute atomic E-state index is 13.1. The molecule has 1 saturated heterocycles. The number of carbonyl (C=O) groups is 2. The number of rotatable bonds is 9. The molecule has 0 aromatic heterocycles. The first kappa shape index (κ1) is 20.3. The Bertz CT molecular complexity index is 599. The van der Waals surface area contributed by atoms with E-state index in [2.05, 4.69) is 5.32 Å². The lowest BCUT2D eigenvalue weighted by Crippen LogP contribution is -2.45. The summed E-state index contributed by atoms with van der Waals surface area (Å²) in [5.41, 5.74) is 5.77. The normalized spacial score (nSPS) is 17.7. The van der Waals surface area contributed by atoms with Crippen molar-refractivity contribution >= 4 is 11.8 Å². The van der Waals surface area contributed by atoms with Gasteiger partial charge in [0, 0.05) is 13.0 Å². The predicted octanol–water partition coefficient (Wildman–Crippen LogP) is 1.55. The van der Waals surface area contributed by atoms with Crippen molar-refractivity contribution < 1.29 is 23.1 Å². The Morgan fingerprint density at radius 2 is 2.00 bits per heavy atom. The predicted molar refractivity (Wildman–Crippen MR) is 92.9 cm³/mol. The highest BCUT2D eigenvalue weighted by Gasteiger charge is 2.37. The van der Waals surface area contributed by atoms with Crippen LogP contribution in [-0.4, -0.2) is 54.9 Å². The van der Waals surface area contributed by atoms with Gasteiger partial charge in [-0.3, -0.25) is 19.8 Å². The SMILES string of the molecule is N[C@@H](CCCCN1CCC(F)(F)C1)C(=O)NC(=O)COc1ccccc1. The van der Waals surface area contributed by atoms with Crippen LogP contribution in [0.2, 0.25) is 0 Å². The Kier molecular flexibility index (Phi) is 7.47. The number of alkyl halides is 2. The molecule has 3 N–H and O–H groups in total. The maximum atomic E-state index is 13.1. The molecular weight excluding hydrogens is 344 g/mol. The minimum Gasteiger partial charge on any atom is -0.484 e. The van der Waals surface area contributed by atoms with E-state index in [4.69, 9.17) is 10.5 Å². The lowest BCUT2D eigenvalue weighted by Gasteiger charge is -2.16. The summed E-state index contributed by atoms with van der Waals surface area (Å²) in [6.45, 7) is 0.490. The van der Waals surface area contributed by atoms with Crippen LogP contribution in [0.5, 0.6) is 5.75 Å². The third-order valence-corrected chi connectivity index (χ3v) is 4.20. The summed E-state index contributed by atoms with van der Waals surface area (Å²) < 4.78 is 31.4. The molecule has 0 aliphatic carbocycles. The zero-order valence-electron chi connectivity index (χ0n) is 14.6. The van der Waals surface area contributed by atoms with Crippen molar-refractivity contribution in [3.63, 3.8) is 0 Å². The fraction of sp³-hybridized carbons (Fsp3) is 0.556. The Labute approximate surface area is 151 Å². The first-order valence-corrected chi connectivity index (χ1v) is 8.73. The molecule has 1 aliphatic rings. The van der Waals surface area contributed by atoms with Crippen molar-refractivity contribution in [2.75, 3.05) is 26.2 Å². The van der Waals surface area contributed by atoms with Crippen molar-refractivity contribution in [3.05, 3.63) is 30.3 Å². The molecule has 1 atom stereocenters. The summed E-state index contributed by atoms with van der Waals surface area (Å²) in [6.07, 6.45) is 1.61. The Morgan fingerprint density at radius 3 is 2.65 bits per heavy atom. The van der Waals surface area contributed by atoms with Crippen molar-refractivity contribution in [1.29, 1.82) is 0 Å². The monoisotopic (exact) mass is 369 g/mol. The second kappa shape index (κ2) is 9.59. The summed E-state index contributed by atoms with van der Waals surface area (Å²) >= 11 is 0. The molecule has 0 bridgehead atoms. The number of unbranched alkanes of at least 4 members (excludes halogenated alkanes) is 1. The summed E-state index contributed by atoms with van der Waals surface area (Å²) in [7, 11) is 0. The molecule has 8 heteroatoms. The quantitative estimate of drug-likeness (QED) is 0.645. The second-order valence-corrected chi connectivity index (χ2v) is 6.50. The number of imide groups is 1. The van der Waals surface area contributed by atoms with Crippen LogP contribution in [0.4, 0.5) is 8.78 Å². The molecule has 0 spiro atoms. The highest BCUT2D eigenvalue weighted by atomic mass is 19.3. The van der Waals surface area contributed by atoms with Gasteiger partial charge in [0.1, 0.15) is 5.75 Å². The van der Waals surface area contributed by atoms with E-state index in [0.717, 1.165) is 0 Å². The number of nitrogens with zero attached hydrogens (tertiary/aromatic N) is 1. The second-order valence-electron chi connectivity index (χ2n) is 6.50. The van der Waals surface area contributed by atoms with Crippen LogP contribution in [0.3, 0.4) is 0 Å². The van der Waals surface area contributed by atoms with E-state index in [1.54, 1.807) is 29.2 Å². The van der Waals surface area contributed by atoms with Crippen LogP contribution in [0.25, 0.3) is 0 Å². The highest BCUT2D eigenvalue weighted by Crippen LogP contribution is 2.26. The Hall–Kier alpha value is -2.06. The molecule has 0 radical (unpaired) electrons. The van der Waals surface area contributed by atoms with Crippen LogP contribution >= 0.6 is 0 Å². The van der Waals surface area contributed by atoms with Crippen LogP contribution in [0.15, 0.2) is 30.3 Å². The van der Waals surface area contributed by atoms with Crippen molar-refractivity contribution in [2.24, 2.45) is 5.73 Å². The lowest BCUT2D eigenvalue weighted by molar-refractivity contribution is -0.132. The Balaban J connectivity index is 1.57. The molecule has 26 heavy (non-hydrogen) atoms. The Morgan fingerprint density at radius 1 is 1.27 bits per heavy atom. The number of nitrogens with two attached hydrogens (primary N) is 1. The van der Waals surface area contributed by atoms with E-state index in [9.17, 15) is 18.4 Å². The zero-order valence-corrected chi connectivity index (χ0v) is 14.6. The minimum absolute atomic E-state index is 0.0952. The first-order valence-electron chi connectivity index (χ1n) is 8.73. The van der Waals surface area contributed by atoms with Gasteiger partial charge in [0.15, 0.2) is 6.61 Å². The van der Waals surface area contributed by atoms with E-state index in [0.29, 0.717) is 38.1 Å². The van der Waals surface area contributed by atoms with Gasteiger partial charge in [-0.2, -0.15) is 0 Å². The number of hydrogen-bond acceptors (Lipinski definition) is 5. The molecule has 2 amide bonds. The van der Waals surface area contributed by atoms with Gasteiger partial charge in [0.2, 0.25) is 5.91 Å². The summed E-state index contributed by atoms with van der Waals surface area (Å²) in [6, 6.07) is 7.98. The molecular formula is C18H25F2N3O3. The number of likely N-dealkylation sites (tertiary alicyclic amines) is 1. The molecule has 2 rings (SSSR count). The molecule has 0 saturated carbocycles. The third-order valence-electron chi connectivity index (χ3n) is 4.20. The number of benzene rings is 1. The number of halogens is 2. The summed E-state index contributed by atoms with van der Waals surface area (Å²) in [5, 5.41) is 2.21. The number of amides is 2. The fourth-order valence-corrected chi connectivity index (χ4v) is 2.76. The first-order chi connectivity index (χ1) is 12.4. The highest BCUT2D eigenvalue weighted by molar-refractivity contribution is 5.98. The molecule has 1 fully saturated rings. The molecule has 1 aliphatic heterocycles. The van der Waals surface area contributed by atoms with Gasteiger partial charge in [0.25, 0.3) is 11.8 Å². The lowest BCUT2D eigenvalue weighted by atomic mass is 10.1. The third kappa shape index (κ3) is 7.05. The van der Waals surface area contributed by atoms with Gasteiger partial charge in [0.05, 0.1) is 12.6 Å². The van der Waals surface area contributed by atoms with Gasteiger partial charge in [-0.15, -0.1) is 0 Å². The van der Waals surface area contributed by atoms with Crippen LogP contribution in [0, 0.1) is 0 Å². The molecule has 144 valence electrons. The van der Waals surface area contributed by atoms with Crippen molar-refractivity contribution in [3.8, 4) is 5.75 Å². The average molecular weight is 369 g/mol. The van der Waals surface area contributed by atoms with Gasteiger partial charge in [-0.25, -0.2) is 8.78 Å². The van der Waals surface area contributed by atoms with E-state index >= 15 is 0 Å². The largest absolute Gasteiger partial charge is 0.484 e. The van der Waals surface area contributed by atoms with Crippen molar-refractivity contribution in [2.45, 2.75) is 37.6 Å². The number of ether oxygens (including phenoxy) is 1. The van der Waals surface area contributed by atoms with Gasteiger partial charge in [-0.05, 0) is 31.5 Å². The van der Waals surface area contributed by atoms with Crippen LogP contribution in [0.1, 0.15) is 25.7 Å². The summed E-state index contributed by atoms with van der Waals surface area (Å²) in [4.78, 5) is 25.3. The standard InChI is InChI=1S/C18H25F2N3O3/c19-18(20)9-11-23(13-18)10-5-4-8-15(21)17(25)22-16(24)12-26-14-6-2-1-3-7-14/h1-3,6-7,15H,4-5,8-13,21H2,(H,22,24,25)/t15-/m0/s1. The smallest absolute Gasteiger partial charge is 0.264 e. The van der Waals surface area contributed by atoms with E-state index in [-0.39, 0.29) is 19.6 Å². The molecule has 1 aromatic carbocycles. The number of hydrogen-bond donors (Lipinski definition) is 2. The van der Waals surface area contributed by atoms with E-state index in [1.807, 2.05) is 6.07 Å². The summed E-state index contributed by atoms with van der Waals surface area (Å²) in [5.74, 6) is -3.17. The van der Waals surface area contributed by atoms with Crippen LogP contribution < -0.4 is 15.8 Å². The van der Waals surface area contributed by atoms with Gasteiger partial charge in [-0.1, -0.05) is 24.6 Å². The van der Waals surface area contributed by atoms with E-state index < -0.39 is 23.8 Å². The van der Waals surface area contributed by atoms with Gasteiger partial charge >= 0.3 is 0 Å². The number of nitrogens with one attached hydrogen (secondary N) is 1. The van der Waals surface area contributed by atoms with Gasteiger partial charge < -0.3 is 10.5 Å². The topological polar surface area (TPSA) is 84.7 Å². The maximum Gasteiger partial charge on any atom is 0.264 e. The van der Waals surface area contributed by atoms with Crippen LogP contribution in [-0.2, 0) is 9.59 Å². The zero-order chi connectivity index (χ0) is 19.0.